The van der Waals surface area contributed by atoms with Crippen molar-refractivity contribution >= 4 is 34.8 Å². The molecular weight excluding hydrogens is 655 g/mol. The molecule has 0 radical (unpaired) electrons. The molecule has 2 N–H and O–H groups in total. The molecule has 2 atom stereocenters. The zero-order valence-electron chi connectivity index (χ0n) is 26.2. The summed E-state index contributed by atoms with van der Waals surface area (Å²) < 4.78 is 24.3. The lowest BCUT2D eigenvalue weighted by atomic mass is 10.0. The Bertz CT molecular complexity index is 1690. The molecule has 2 heterocycles. The lowest BCUT2D eigenvalue weighted by molar-refractivity contribution is 0.0910. The number of rotatable bonds is 10. The van der Waals surface area contributed by atoms with Crippen molar-refractivity contribution < 1.29 is 18.9 Å². The average molecular weight is 694 g/mol. The molecule has 0 amide bonds. The third-order valence-corrected chi connectivity index (χ3v) is 9.64. The molecule has 0 bridgehead atoms. The fourth-order valence-corrected chi connectivity index (χ4v) is 6.57. The molecule has 8 rings (SSSR count). The summed E-state index contributed by atoms with van der Waals surface area (Å²) in [6.07, 6.45) is 5.44. The number of nitrogens with one attached hydrogen (secondary N) is 2. The maximum Gasteiger partial charge on any atom is 0.169 e. The molecule has 2 aliphatic carbocycles. The van der Waals surface area contributed by atoms with Gasteiger partial charge in [0.05, 0.1) is 5.02 Å². The summed E-state index contributed by atoms with van der Waals surface area (Å²) >= 11 is 18.7. The van der Waals surface area contributed by atoms with E-state index in [1.54, 1.807) is 6.07 Å². The maximum absolute atomic E-state index is 6.38. The molecule has 2 unspecified atom stereocenters. The number of hydrogen-bond acceptors (Lipinski definition) is 6. The van der Waals surface area contributed by atoms with Crippen molar-refractivity contribution in [3.63, 3.8) is 0 Å². The van der Waals surface area contributed by atoms with E-state index >= 15 is 0 Å². The fourth-order valence-electron chi connectivity index (χ4n) is 5.82. The highest BCUT2D eigenvalue weighted by Crippen LogP contribution is 2.44. The lowest BCUT2D eigenvalue weighted by Gasteiger charge is -2.28. The van der Waals surface area contributed by atoms with Crippen LogP contribution in [0.5, 0.6) is 23.0 Å². The Morgan fingerprint density at radius 3 is 1.55 bits per heavy atom. The van der Waals surface area contributed by atoms with Crippen LogP contribution in [0.15, 0.2) is 78.9 Å². The van der Waals surface area contributed by atoms with Crippen LogP contribution in [-0.2, 0) is 0 Å². The van der Waals surface area contributed by atoms with Crippen LogP contribution in [0.25, 0.3) is 22.3 Å². The van der Waals surface area contributed by atoms with Gasteiger partial charge in [0, 0.05) is 45.4 Å². The van der Waals surface area contributed by atoms with Crippen LogP contribution >= 0.6 is 34.8 Å². The van der Waals surface area contributed by atoms with Gasteiger partial charge in [-0.2, -0.15) is 0 Å². The highest BCUT2D eigenvalue weighted by Gasteiger charge is 2.28. The second-order valence-electron chi connectivity index (χ2n) is 12.7. The largest absolute Gasteiger partial charge is 0.486 e. The Labute approximate surface area is 291 Å². The zero-order valence-corrected chi connectivity index (χ0v) is 28.4. The first kappa shape index (κ1) is 32.4. The topological polar surface area (TPSA) is 61.0 Å². The normalized spacial score (nSPS) is 19.5. The van der Waals surface area contributed by atoms with E-state index in [1.165, 1.54) is 25.7 Å². The van der Waals surface area contributed by atoms with Gasteiger partial charge < -0.3 is 29.6 Å². The molecule has 0 spiro atoms. The molecule has 4 aromatic carbocycles. The molecule has 2 saturated carbocycles. The highest BCUT2D eigenvalue weighted by molar-refractivity contribution is 6.36. The Kier molecular flexibility index (Phi) is 10.3. The Balaban J connectivity index is 0.000000150. The van der Waals surface area contributed by atoms with E-state index < -0.39 is 0 Å². The van der Waals surface area contributed by atoms with Gasteiger partial charge in [-0.05, 0) is 80.9 Å². The van der Waals surface area contributed by atoms with Crippen molar-refractivity contribution in [2.24, 2.45) is 11.8 Å². The minimum Gasteiger partial charge on any atom is -0.486 e. The molecular formula is C38H39Cl3N2O4. The monoisotopic (exact) mass is 692 g/mol. The molecule has 9 heteroatoms. The van der Waals surface area contributed by atoms with E-state index in [-0.39, 0.29) is 12.2 Å². The van der Waals surface area contributed by atoms with Crippen LogP contribution in [0.3, 0.4) is 0 Å². The summed E-state index contributed by atoms with van der Waals surface area (Å²) in [4.78, 5) is 0. The molecule has 4 aromatic rings. The van der Waals surface area contributed by atoms with Gasteiger partial charge in [0.15, 0.2) is 23.0 Å². The van der Waals surface area contributed by atoms with Gasteiger partial charge in [-0.15, -0.1) is 0 Å². The fraction of sp³-hybridized carbons (Fsp3) is 0.368. The quantitative estimate of drug-likeness (QED) is 0.173. The predicted molar refractivity (Wildman–Crippen MR) is 190 cm³/mol. The summed E-state index contributed by atoms with van der Waals surface area (Å²) in [5.41, 5.74) is 3.79. The number of halogens is 3. The zero-order chi connectivity index (χ0) is 32.2. The molecule has 2 fully saturated rings. The van der Waals surface area contributed by atoms with Gasteiger partial charge in [-0.3, -0.25) is 0 Å². The van der Waals surface area contributed by atoms with Crippen LogP contribution in [0.2, 0.25) is 15.1 Å². The summed E-state index contributed by atoms with van der Waals surface area (Å²) in [6, 6.07) is 25.2. The van der Waals surface area contributed by atoms with Gasteiger partial charge in [0.1, 0.15) is 25.4 Å². The molecule has 0 saturated heterocycles. The number of ether oxygens (including phenoxy) is 4. The van der Waals surface area contributed by atoms with Crippen LogP contribution in [0, 0.1) is 11.8 Å². The highest BCUT2D eigenvalue weighted by atomic mass is 35.5. The third kappa shape index (κ3) is 8.30. The standard InChI is InChI=1S/C19H19Cl2NO2.C19H20ClNO2/c20-13-6-7-15(17(21)8-13)16-2-1-3-18-19(16)24-14(11-23-18)10-22-9-12-4-5-12;20-17-6-2-1-4-15(17)16-5-3-7-18-19(16)23-14(12-22-18)11-21-10-13-8-9-13/h1-3,6-8,12,14,22H,4-5,9-11H2;1-7,13-14,21H,8-12H2. The first-order chi connectivity index (χ1) is 23.0. The predicted octanol–water partition coefficient (Wildman–Crippen LogP) is 8.95. The van der Waals surface area contributed by atoms with E-state index in [4.69, 9.17) is 53.8 Å². The summed E-state index contributed by atoms with van der Waals surface area (Å²) in [6.45, 7) is 4.89. The van der Waals surface area contributed by atoms with Gasteiger partial charge >= 0.3 is 0 Å². The van der Waals surface area contributed by atoms with Crippen LogP contribution < -0.4 is 29.6 Å². The van der Waals surface area contributed by atoms with Gasteiger partial charge in [0.25, 0.3) is 0 Å². The first-order valence-electron chi connectivity index (χ1n) is 16.5. The SMILES string of the molecule is Clc1ccc(-c2cccc3c2OC(CNCC2CC2)CO3)c(Cl)c1.Clc1ccccc1-c1cccc2c1OC(CNCC1CC1)CO2. The van der Waals surface area contributed by atoms with Crippen molar-refractivity contribution in [3.8, 4) is 45.3 Å². The lowest BCUT2D eigenvalue weighted by Crippen LogP contribution is -2.39. The van der Waals surface area contributed by atoms with Crippen LogP contribution in [-0.4, -0.2) is 51.6 Å². The van der Waals surface area contributed by atoms with Gasteiger partial charge in [-0.25, -0.2) is 0 Å². The third-order valence-electron chi connectivity index (χ3n) is 8.77. The first-order valence-corrected chi connectivity index (χ1v) is 17.6. The maximum atomic E-state index is 6.38. The van der Waals surface area contributed by atoms with Gasteiger partial charge in [-0.1, -0.05) is 83.3 Å². The average Bonchev–Trinajstić information content (AvgIpc) is 4.02. The Morgan fingerprint density at radius 2 is 1.04 bits per heavy atom. The van der Waals surface area contributed by atoms with E-state index in [2.05, 4.69) is 10.6 Å². The van der Waals surface area contributed by atoms with Crippen molar-refractivity contribution in [2.75, 3.05) is 39.4 Å². The minimum absolute atomic E-state index is 0.00322. The van der Waals surface area contributed by atoms with Crippen molar-refractivity contribution in [2.45, 2.75) is 37.9 Å². The molecule has 6 nitrogen and oxygen atoms in total. The van der Waals surface area contributed by atoms with E-state index in [1.807, 2.05) is 72.8 Å². The summed E-state index contributed by atoms with van der Waals surface area (Å²) in [7, 11) is 0. The molecule has 0 aromatic heterocycles. The Hall–Kier alpha value is -3.13. The van der Waals surface area contributed by atoms with Crippen molar-refractivity contribution in [1.82, 2.24) is 10.6 Å². The van der Waals surface area contributed by atoms with Gasteiger partial charge in [0.2, 0.25) is 0 Å². The number of fused-ring (bicyclic) bond motifs is 2. The van der Waals surface area contributed by atoms with Crippen molar-refractivity contribution in [1.29, 1.82) is 0 Å². The summed E-state index contributed by atoms with van der Waals surface area (Å²) in [5.74, 6) is 4.82. The van der Waals surface area contributed by atoms with E-state index in [0.29, 0.717) is 23.3 Å². The molecule has 4 aliphatic rings. The van der Waals surface area contributed by atoms with Crippen molar-refractivity contribution in [3.05, 3.63) is 93.9 Å². The van der Waals surface area contributed by atoms with Crippen LogP contribution in [0.1, 0.15) is 25.7 Å². The second kappa shape index (κ2) is 15.0. The number of hydrogen-bond donors (Lipinski definition) is 2. The van der Waals surface area contributed by atoms with E-state index in [0.717, 1.165) is 88.3 Å². The van der Waals surface area contributed by atoms with E-state index in [9.17, 15) is 0 Å². The number of para-hydroxylation sites is 2. The minimum atomic E-state index is 0.00322. The number of benzene rings is 4. The Morgan fingerprint density at radius 1 is 0.532 bits per heavy atom. The second-order valence-corrected chi connectivity index (χ2v) is 13.9. The smallest absolute Gasteiger partial charge is 0.169 e. The van der Waals surface area contributed by atoms with Crippen LogP contribution in [0.4, 0.5) is 0 Å². The summed E-state index contributed by atoms with van der Waals surface area (Å²) in [5, 5.41) is 8.91. The molecule has 47 heavy (non-hydrogen) atoms. The molecule has 2 aliphatic heterocycles. The molecule has 246 valence electrons.